The summed E-state index contributed by atoms with van der Waals surface area (Å²) in [5.41, 5.74) is 6.29. The summed E-state index contributed by atoms with van der Waals surface area (Å²) >= 11 is 0. The lowest BCUT2D eigenvalue weighted by Crippen LogP contribution is -2.14. The van der Waals surface area contributed by atoms with Gasteiger partial charge in [-0.2, -0.15) is 0 Å². The number of hydrogen-bond donors (Lipinski definition) is 1. The first-order valence-electron chi connectivity index (χ1n) is 4.86. The van der Waals surface area contributed by atoms with Gasteiger partial charge in [0.1, 0.15) is 18.2 Å². The van der Waals surface area contributed by atoms with Crippen LogP contribution in [0, 0.1) is 0 Å². The van der Waals surface area contributed by atoms with Crippen molar-refractivity contribution in [1.82, 2.24) is 19.5 Å². The van der Waals surface area contributed by atoms with Crippen LogP contribution in [0.25, 0.3) is 11.2 Å². The van der Waals surface area contributed by atoms with E-state index in [0.29, 0.717) is 23.7 Å². The fourth-order valence-electron chi connectivity index (χ4n) is 1.39. The SMILES string of the molecule is C=C(C=O)OC(C=O)n1cnc2c(N)ncnc21. The lowest BCUT2D eigenvalue weighted by atomic mass is 10.5. The minimum absolute atomic E-state index is 0.170. The largest absolute Gasteiger partial charge is 0.460 e. The smallest absolute Gasteiger partial charge is 0.235 e. The lowest BCUT2D eigenvalue weighted by Gasteiger charge is -2.13. The molecular formula is C10H9N5O3. The Kier molecular flexibility index (Phi) is 3.00. The standard InChI is InChI=1S/C10H9N5O3/c1-6(2-16)18-7(3-17)15-5-14-8-9(11)12-4-13-10(8)15/h2-5,7H,1H2,(H2,11,12,13). The lowest BCUT2D eigenvalue weighted by molar-refractivity contribution is -0.122. The molecule has 0 amide bonds. The number of carbonyl (C=O) groups is 2. The summed E-state index contributed by atoms with van der Waals surface area (Å²) in [5, 5.41) is 0. The van der Waals surface area contributed by atoms with E-state index in [2.05, 4.69) is 21.5 Å². The van der Waals surface area contributed by atoms with Gasteiger partial charge in [-0.25, -0.2) is 15.0 Å². The molecule has 0 aliphatic rings. The summed E-state index contributed by atoms with van der Waals surface area (Å²) in [5.74, 6) is 0.0218. The van der Waals surface area contributed by atoms with Gasteiger partial charge >= 0.3 is 0 Å². The van der Waals surface area contributed by atoms with Crippen LogP contribution in [-0.2, 0) is 14.3 Å². The maximum Gasteiger partial charge on any atom is 0.235 e. The number of nitrogen functional groups attached to an aromatic ring is 1. The zero-order valence-electron chi connectivity index (χ0n) is 9.18. The van der Waals surface area contributed by atoms with Crippen LogP contribution in [-0.4, -0.2) is 32.1 Å². The third kappa shape index (κ3) is 1.90. The molecule has 0 saturated heterocycles. The number of imidazole rings is 1. The molecule has 2 aromatic heterocycles. The van der Waals surface area contributed by atoms with Gasteiger partial charge in [-0.1, -0.05) is 6.58 Å². The summed E-state index contributed by atoms with van der Waals surface area (Å²) in [6, 6.07) is 0. The highest BCUT2D eigenvalue weighted by Gasteiger charge is 2.17. The number of ether oxygens (including phenoxy) is 1. The molecule has 8 heteroatoms. The van der Waals surface area contributed by atoms with E-state index >= 15 is 0 Å². The maximum absolute atomic E-state index is 11.0. The minimum Gasteiger partial charge on any atom is -0.460 e. The van der Waals surface area contributed by atoms with Gasteiger partial charge in [-0.3, -0.25) is 14.2 Å². The Balaban J connectivity index is 2.46. The number of hydrogen-bond acceptors (Lipinski definition) is 7. The van der Waals surface area contributed by atoms with E-state index in [1.807, 2.05) is 0 Å². The second-order valence-corrected chi connectivity index (χ2v) is 3.31. The first kappa shape index (κ1) is 11.7. The first-order valence-corrected chi connectivity index (χ1v) is 4.86. The molecule has 92 valence electrons. The number of aromatic nitrogens is 4. The van der Waals surface area contributed by atoms with Crippen LogP contribution < -0.4 is 5.73 Å². The van der Waals surface area contributed by atoms with E-state index < -0.39 is 6.23 Å². The van der Waals surface area contributed by atoms with E-state index in [4.69, 9.17) is 10.5 Å². The molecule has 0 aliphatic carbocycles. The Hall–Kier alpha value is -2.77. The second kappa shape index (κ2) is 4.62. The molecule has 2 heterocycles. The van der Waals surface area contributed by atoms with Gasteiger partial charge in [0, 0.05) is 0 Å². The van der Waals surface area contributed by atoms with Crippen molar-refractivity contribution in [3.05, 3.63) is 25.0 Å². The summed E-state index contributed by atoms with van der Waals surface area (Å²) in [6.07, 6.45) is 2.38. The van der Waals surface area contributed by atoms with Crippen molar-refractivity contribution in [2.75, 3.05) is 5.73 Å². The Labute approximate surface area is 101 Å². The minimum atomic E-state index is -1.08. The van der Waals surface area contributed by atoms with Crippen LogP contribution in [0.4, 0.5) is 5.82 Å². The zero-order chi connectivity index (χ0) is 13.1. The van der Waals surface area contributed by atoms with Crippen LogP contribution in [0.5, 0.6) is 0 Å². The molecular weight excluding hydrogens is 238 g/mol. The number of anilines is 1. The van der Waals surface area contributed by atoms with E-state index in [0.717, 1.165) is 0 Å². The quantitative estimate of drug-likeness (QED) is 0.443. The average Bonchev–Trinajstić information content (AvgIpc) is 2.81. The molecule has 18 heavy (non-hydrogen) atoms. The molecule has 0 radical (unpaired) electrons. The predicted octanol–water partition coefficient (Wildman–Crippen LogP) is -0.165. The molecule has 0 spiro atoms. The fourth-order valence-corrected chi connectivity index (χ4v) is 1.39. The normalized spacial score (nSPS) is 12.0. The Bertz CT molecular complexity index is 621. The van der Waals surface area contributed by atoms with Gasteiger partial charge in [0.25, 0.3) is 0 Å². The van der Waals surface area contributed by atoms with Gasteiger partial charge in [0.15, 0.2) is 29.8 Å². The number of nitrogens with two attached hydrogens (primary N) is 1. The summed E-state index contributed by atoms with van der Waals surface area (Å²) in [7, 11) is 0. The highest BCUT2D eigenvalue weighted by molar-refractivity contribution is 5.82. The third-order valence-electron chi connectivity index (χ3n) is 2.18. The molecule has 0 fully saturated rings. The van der Waals surface area contributed by atoms with Crippen molar-refractivity contribution in [2.24, 2.45) is 0 Å². The van der Waals surface area contributed by atoms with Crippen LogP contribution in [0.1, 0.15) is 6.23 Å². The predicted molar refractivity (Wildman–Crippen MR) is 61.1 cm³/mol. The van der Waals surface area contributed by atoms with Crippen molar-refractivity contribution in [2.45, 2.75) is 6.23 Å². The van der Waals surface area contributed by atoms with Crippen LogP contribution in [0.15, 0.2) is 25.0 Å². The molecule has 0 bridgehead atoms. The number of allylic oxidation sites excluding steroid dienone is 1. The number of fused-ring (bicyclic) bond motifs is 1. The van der Waals surface area contributed by atoms with Crippen molar-refractivity contribution in [1.29, 1.82) is 0 Å². The molecule has 0 aromatic carbocycles. The maximum atomic E-state index is 11.0. The Morgan fingerprint density at radius 2 is 2.22 bits per heavy atom. The number of carbonyl (C=O) groups excluding carboxylic acids is 2. The molecule has 2 aromatic rings. The van der Waals surface area contributed by atoms with Gasteiger partial charge in [0.2, 0.25) is 6.23 Å². The van der Waals surface area contributed by atoms with Crippen LogP contribution in [0.3, 0.4) is 0 Å². The van der Waals surface area contributed by atoms with Crippen LogP contribution in [0.2, 0.25) is 0 Å². The van der Waals surface area contributed by atoms with Crippen molar-refractivity contribution in [3.63, 3.8) is 0 Å². The average molecular weight is 247 g/mol. The van der Waals surface area contributed by atoms with Gasteiger partial charge in [0.05, 0.1) is 0 Å². The molecule has 2 N–H and O–H groups in total. The summed E-state index contributed by atoms with van der Waals surface area (Å²) in [4.78, 5) is 33.1. The highest BCUT2D eigenvalue weighted by atomic mass is 16.5. The molecule has 1 unspecified atom stereocenters. The van der Waals surface area contributed by atoms with Crippen LogP contribution >= 0.6 is 0 Å². The Morgan fingerprint density at radius 1 is 1.44 bits per heavy atom. The van der Waals surface area contributed by atoms with E-state index in [1.165, 1.54) is 17.2 Å². The molecule has 1 atom stereocenters. The zero-order valence-corrected chi connectivity index (χ0v) is 9.18. The summed E-state index contributed by atoms with van der Waals surface area (Å²) in [6.45, 7) is 3.33. The fraction of sp³-hybridized carbons (Fsp3) is 0.100. The third-order valence-corrected chi connectivity index (χ3v) is 2.18. The van der Waals surface area contributed by atoms with Crippen molar-refractivity contribution >= 4 is 29.6 Å². The van der Waals surface area contributed by atoms with Crippen molar-refractivity contribution < 1.29 is 14.3 Å². The first-order chi connectivity index (χ1) is 8.67. The van der Waals surface area contributed by atoms with E-state index in [-0.39, 0.29) is 11.6 Å². The van der Waals surface area contributed by atoms with E-state index in [1.54, 1.807) is 0 Å². The van der Waals surface area contributed by atoms with E-state index in [9.17, 15) is 9.59 Å². The Morgan fingerprint density at radius 3 is 2.89 bits per heavy atom. The molecule has 0 aliphatic heterocycles. The molecule has 0 saturated carbocycles. The molecule has 8 nitrogen and oxygen atoms in total. The summed E-state index contributed by atoms with van der Waals surface area (Å²) < 4.78 is 6.36. The second-order valence-electron chi connectivity index (χ2n) is 3.31. The molecule has 2 rings (SSSR count). The van der Waals surface area contributed by atoms with Gasteiger partial charge in [-0.15, -0.1) is 0 Å². The topological polar surface area (TPSA) is 113 Å². The number of aldehydes is 2. The number of rotatable bonds is 5. The van der Waals surface area contributed by atoms with Crippen molar-refractivity contribution in [3.8, 4) is 0 Å². The highest BCUT2D eigenvalue weighted by Crippen LogP contribution is 2.19. The monoisotopic (exact) mass is 247 g/mol. The van der Waals surface area contributed by atoms with Gasteiger partial charge in [-0.05, 0) is 0 Å². The number of nitrogens with zero attached hydrogens (tertiary/aromatic N) is 4. The van der Waals surface area contributed by atoms with Gasteiger partial charge < -0.3 is 10.5 Å².